The van der Waals surface area contributed by atoms with E-state index in [-0.39, 0.29) is 16.8 Å². The number of carbonyl (C=O) groups excluding carboxylic acids is 1. The first kappa shape index (κ1) is 19.6. The summed E-state index contributed by atoms with van der Waals surface area (Å²) in [5.41, 5.74) is 1.48. The third kappa shape index (κ3) is 4.55. The van der Waals surface area contributed by atoms with Gasteiger partial charge in [0.25, 0.3) is 5.69 Å². The van der Waals surface area contributed by atoms with E-state index in [0.29, 0.717) is 17.3 Å². The van der Waals surface area contributed by atoms with Gasteiger partial charge in [-0.25, -0.2) is 0 Å². The van der Waals surface area contributed by atoms with Crippen LogP contribution >= 0.6 is 11.8 Å². The number of amidine groups is 1. The minimum atomic E-state index is -0.465. The number of nitro groups is 1. The molecule has 8 nitrogen and oxygen atoms in total. The van der Waals surface area contributed by atoms with Crippen molar-refractivity contribution >= 4 is 34.7 Å². The molecule has 144 valence electrons. The van der Waals surface area contributed by atoms with Crippen molar-refractivity contribution in [3.05, 3.63) is 69.8 Å². The number of nitrogens with zero attached hydrogens (tertiary/aromatic N) is 4. The lowest BCUT2D eigenvalue weighted by molar-refractivity contribution is -0.384. The fourth-order valence-electron chi connectivity index (χ4n) is 2.59. The van der Waals surface area contributed by atoms with Crippen LogP contribution < -0.4 is 4.74 Å². The van der Waals surface area contributed by atoms with E-state index in [4.69, 9.17) is 4.74 Å². The minimum absolute atomic E-state index is 0.0169. The molecule has 1 atom stereocenters. The van der Waals surface area contributed by atoms with Gasteiger partial charge in [0.05, 0.1) is 30.0 Å². The summed E-state index contributed by atoms with van der Waals surface area (Å²) in [6.45, 7) is 2.20. The van der Waals surface area contributed by atoms with E-state index >= 15 is 0 Å². The van der Waals surface area contributed by atoms with E-state index in [2.05, 4.69) is 10.2 Å². The molecular formula is C19H18N4O4S. The summed E-state index contributed by atoms with van der Waals surface area (Å²) in [5, 5.41) is 19.3. The van der Waals surface area contributed by atoms with Gasteiger partial charge < -0.3 is 4.74 Å². The Labute approximate surface area is 166 Å². The van der Waals surface area contributed by atoms with Crippen molar-refractivity contribution in [2.45, 2.75) is 18.7 Å². The summed E-state index contributed by atoms with van der Waals surface area (Å²) in [6, 6.07) is 13.6. The standard InChI is InChI=1S/C19H18N4O4S/c1-13-18(24)22(12-14-6-8-17(27-2)9-7-14)19(28-13)21-20-11-15-4-3-5-16(10-15)23(25)26/h3-11,13H,12H2,1-2H3/b20-11-,21-19+/t13-/m1/s1. The summed E-state index contributed by atoms with van der Waals surface area (Å²) in [6.07, 6.45) is 1.43. The Balaban J connectivity index is 1.77. The van der Waals surface area contributed by atoms with Crippen LogP contribution in [0.1, 0.15) is 18.1 Å². The van der Waals surface area contributed by atoms with Gasteiger partial charge in [0.2, 0.25) is 5.91 Å². The molecule has 3 rings (SSSR count). The Kier molecular flexibility index (Phi) is 6.05. The Hall–Kier alpha value is -3.20. The molecule has 0 radical (unpaired) electrons. The molecule has 0 spiro atoms. The van der Waals surface area contributed by atoms with Gasteiger partial charge in [0, 0.05) is 17.7 Å². The third-order valence-electron chi connectivity index (χ3n) is 4.06. The molecule has 1 aliphatic rings. The Bertz CT molecular complexity index is 943. The predicted octanol–water partition coefficient (Wildman–Crippen LogP) is 3.46. The molecule has 2 aromatic carbocycles. The van der Waals surface area contributed by atoms with E-state index in [1.807, 2.05) is 31.2 Å². The number of carbonyl (C=O) groups is 1. The van der Waals surface area contributed by atoms with E-state index in [1.165, 1.54) is 30.1 Å². The molecule has 1 heterocycles. The maximum absolute atomic E-state index is 12.5. The zero-order valence-corrected chi connectivity index (χ0v) is 16.1. The number of hydrogen-bond acceptors (Lipinski definition) is 7. The molecule has 9 heteroatoms. The number of benzene rings is 2. The zero-order chi connectivity index (χ0) is 20.1. The van der Waals surface area contributed by atoms with Crippen LogP contribution in [0.2, 0.25) is 0 Å². The van der Waals surface area contributed by atoms with Gasteiger partial charge in [-0.1, -0.05) is 36.0 Å². The molecule has 0 unspecified atom stereocenters. The molecule has 1 aliphatic heterocycles. The van der Waals surface area contributed by atoms with Gasteiger partial charge in [-0.15, -0.1) is 5.10 Å². The van der Waals surface area contributed by atoms with Gasteiger partial charge in [0.1, 0.15) is 5.75 Å². The van der Waals surface area contributed by atoms with Crippen molar-refractivity contribution < 1.29 is 14.5 Å². The monoisotopic (exact) mass is 398 g/mol. The number of nitro benzene ring substituents is 1. The predicted molar refractivity (Wildman–Crippen MR) is 109 cm³/mol. The number of non-ortho nitro benzene ring substituents is 1. The average Bonchev–Trinajstić information content (AvgIpc) is 2.96. The van der Waals surface area contributed by atoms with Crippen LogP contribution in [-0.2, 0) is 11.3 Å². The number of rotatable bonds is 6. The minimum Gasteiger partial charge on any atom is -0.497 e. The van der Waals surface area contributed by atoms with Crippen molar-refractivity contribution in [2.24, 2.45) is 10.2 Å². The van der Waals surface area contributed by atoms with Crippen molar-refractivity contribution in [1.29, 1.82) is 0 Å². The first-order valence-corrected chi connectivity index (χ1v) is 9.32. The molecule has 1 saturated heterocycles. The second-order valence-corrected chi connectivity index (χ2v) is 7.32. The zero-order valence-electron chi connectivity index (χ0n) is 15.3. The smallest absolute Gasteiger partial charge is 0.270 e. The first-order chi connectivity index (χ1) is 13.5. The van der Waals surface area contributed by atoms with Gasteiger partial charge in [-0.2, -0.15) is 5.10 Å². The normalized spacial score (nSPS) is 18.2. The molecule has 1 amide bonds. The van der Waals surface area contributed by atoms with Gasteiger partial charge in [0.15, 0.2) is 5.17 Å². The molecule has 0 aliphatic carbocycles. The lowest BCUT2D eigenvalue weighted by Crippen LogP contribution is -2.30. The third-order valence-corrected chi connectivity index (χ3v) is 5.13. The molecule has 1 fully saturated rings. The van der Waals surface area contributed by atoms with Crippen LogP contribution in [0.15, 0.2) is 58.7 Å². The quantitative estimate of drug-likeness (QED) is 0.422. The fourth-order valence-corrected chi connectivity index (χ4v) is 3.51. The van der Waals surface area contributed by atoms with Crippen molar-refractivity contribution in [1.82, 2.24) is 4.90 Å². The van der Waals surface area contributed by atoms with Gasteiger partial charge in [-0.05, 0) is 24.6 Å². The summed E-state index contributed by atoms with van der Waals surface area (Å²) in [7, 11) is 1.60. The van der Waals surface area contributed by atoms with E-state index < -0.39 is 4.92 Å². The highest BCUT2D eigenvalue weighted by molar-refractivity contribution is 8.15. The summed E-state index contributed by atoms with van der Waals surface area (Å²) in [4.78, 5) is 24.4. The average molecular weight is 398 g/mol. The topological polar surface area (TPSA) is 97.4 Å². The maximum Gasteiger partial charge on any atom is 0.270 e. The Morgan fingerprint density at radius 2 is 2.04 bits per heavy atom. The number of amides is 1. The Morgan fingerprint density at radius 3 is 2.71 bits per heavy atom. The SMILES string of the molecule is COc1ccc(CN2C(=O)[C@@H](C)S/C2=N/N=C\c2cccc([N+](=O)[O-])c2)cc1. The molecule has 0 saturated carbocycles. The number of methoxy groups -OCH3 is 1. The van der Waals surface area contributed by atoms with Crippen LogP contribution in [0.25, 0.3) is 0 Å². The molecule has 0 bridgehead atoms. The van der Waals surface area contributed by atoms with Crippen LogP contribution in [0.5, 0.6) is 5.75 Å². The summed E-state index contributed by atoms with van der Waals surface area (Å²) >= 11 is 1.33. The van der Waals surface area contributed by atoms with E-state index in [0.717, 1.165) is 11.3 Å². The van der Waals surface area contributed by atoms with E-state index in [9.17, 15) is 14.9 Å². The number of ether oxygens (including phenoxy) is 1. The number of thioether (sulfide) groups is 1. The Morgan fingerprint density at radius 1 is 1.29 bits per heavy atom. The van der Waals surface area contributed by atoms with Crippen LogP contribution in [0.4, 0.5) is 5.69 Å². The largest absolute Gasteiger partial charge is 0.497 e. The summed E-state index contributed by atoms with van der Waals surface area (Å²) in [5.74, 6) is 0.708. The number of hydrogen-bond donors (Lipinski definition) is 0. The second-order valence-electron chi connectivity index (χ2n) is 6.01. The molecule has 0 aromatic heterocycles. The van der Waals surface area contributed by atoms with Crippen molar-refractivity contribution in [3.63, 3.8) is 0 Å². The highest BCUT2D eigenvalue weighted by Gasteiger charge is 2.35. The van der Waals surface area contributed by atoms with E-state index in [1.54, 1.807) is 24.1 Å². The lowest BCUT2D eigenvalue weighted by atomic mass is 10.2. The second kappa shape index (κ2) is 8.66. The molecular weight excluding hydrogens is 380 g/mol. The van der Waals surface area contributed by atoms with Crippen LogP contribution in [0, 0.1) is 10.1 Å². The highest BCUT2D eigenvalue weighted by atomic mass is 32.2. The highest BCUT2D eigenvalue weighted by Crippen LogP contribution is 2.28. The van der Waals surface area contributed by atoms with Crippen LogP contribution in [0.3, 0.4) is 0 Å². The molecule has 28 heavy (non-hydrogen) atoms. The van der Waals surface area contributed by atoms with Crippen molar-refractivity contribution in [3.8, 4) is 5.75 Å². The fraction of sp³-hybridized carbons (Fsp3) is 0.211. The van der Waals surface area contributed by atoms with Gasteiger partial charge >= 0.3 is 0 Å². The maximum atomic E-state index is 12.5. The summed E-state index contributed by atoms with van der Waals surface area (Å²) < 4.78 is 5.15. The molecule has 0 N–H and O–H groups in total. The van der Waals surface area contributed by atoms with Crippen LogP contribution in [-0.4, -0.2) is 39.5 Å². The lowest BCUT2D eigenvalue weighted by Gasteiger charge is -2.15. The van der Waals surface area contributed by atoms with Gasteiger partial charge in [-0.3, -0.25) is 19.8 Å². The first-order valence-electron chi connectivity index (χ1n) is 8.44. The van der Waals surface area contributed by atoms with Crippen molar-refractivity contribution in [2.75, 3.05) is 7.11 Å². The molecule has 2 aromatic rings.